The molecule has 1 aliphatic rings. The van der Waals surface area contributed by atoms with Crippen LogP contribution < -0.4 is 26.2 Å². The molecule has 9 nitrogen and oxygen atoms in total. The zero-order valence-electron chi connectivity index (χ0n) is 16.7. The number of nitrogens with two attached hydrogens (primary N) is 1. The molecule has 0 fully saturated rings. The molecule has 0 atom stereocenters. The molecule has 5 N–H and O–H groups in total. The highest BCUT2D eigenvalue weighted by atomic mass is 16.5. The summed E-state index contributed by atoms with van der Waals surface area (Å²) < 4.78 is 12.2. The summed E-state index contributed by atoms with van der Waals surface area (Å²) in [4.78, 5) is 19.5. The first-order chi connectivity index (χ1) is 13.0. The Bertz CT molecular complexity index is 966. The fraction of sp³-hybridized carbons (Fsp3) is 0.421. The number of hydrogen-bond donors (Lipinski definition) is 4. The number of anilines is 2. The van der Waals surface area contributed by atoms with Crippen LogP contribution in [0.25, 0.3) is 0 Å². The zero-order chi connectivity index (χ0) is 20.7. The number of benzene rings is 1. The summed E-state index contributed by atoms with van der Waals surface area (Å²) >= 11 is 0. The number of para-hydroxylation sites is 1. The standard InChI is InChI=1S/C19H26N6O3/c1-18(2,10-25(5)16(20)21)19(3,4)28-12-8-6-7-11-14(12)23-15-13(27-11)9-22-17(26)24-15/h6-9H,10H2,1-5H3,(H3,20,21)(H2,22,23,24,26). The van der Waals surface area contributed by atoms with Gasteiger partial charge in [-0.05, 0) is 26.0 Å². The van der Waals surface area contributed by atoms with Gasteiger partial charge in [-0.15, -0.1) is 0 Å². The highest BCUT2D eigenvalue weighted by Crippen LogP contribution is 2.47. The van der Waals surface area contributed by atoms with Gasteiger partial charge in [0.2, 0.25) is 0 Å². The van der Waals surface area contributed by atoms with Crippen molar-refractivity contribution in [2.45, 2.75) is 33.3 Å². The van der Waals surface area contributed by atoms with Crippen LogP contribution in [0.5, 0.6) is 17.2 Å². The third kappa shape index (κ3) is 3.60. The molecule has 0 radical (unpaired) electrons. The molecule has 1 aromatic heterocycles. The Labute approximate surface area is 163 Å². The Kier molecular flexibility index (Phi) is 4.70. The lowest BCUT2D eigenvalue weighted by Gasteiger charge is -2.44. The summed E-state index contributed by atoms with van der Waals surface area (Å²) in [6, 6.07) is 5.49. The third-order valence-corrected chi connectivity index (χ3v) is 5.27. The molecule has 0 saturated heterocycles. The molecule has 0 unspecified atom stereocenters. The molecule has 1 aliphatic heterocycles. The van der Waals surface area contributed by atoms with E-state index in [2.05, 4.69) is 29.1 Å². The first-order valence-electron chi connectivity index (χ1n) is 8.91. The summed E-state index contributed by atoms with van der Waals surface area (Å²) in [6.07, 6.45) is 1.38. The average molecular weight is 386 g/mol. The van der Waals surface area contributed by atoms with Crippen LogP contribution in [0.15, 0.2) is 29.2 Å². The van der Waals surface area contributed by atoms with E-state index >= 15 is 0 Å². The molecule has 0 saturated carbocycles. The minimum absolute atomic E-state index is 0.00482. The minimum Gasteiger partial charge on any atom is -0.485 e. The van der Waals surface area contributed by atoms with Crippen molar-refractivity contribution in [1.82, 2.24) is 14.9 Å². The Morgan fingerprint density at radius 2 is 2.04 bits per heavy atom. The summed E-state index contributed by atoms with van der Waals surface area (Å²) in [7, 11) is 1.78. The number of nitrogens with zero attached hydrogens (tertiary/aromatic N) is 2. The number of hydrogen-bond acceptors (Lipinski definition) is 6. The van der Waals surface area contributed by atoms with E-state index in [0.717, 1.165) is 0 Å². The van der Waals surface area contributed by atoms with Crippen LogP contribution in [-0.2, 0) is 0 Å². The van der Waals surface area contributed by atoms with E-state index in [1.54, 1.807) is 11.9 Å². The number of aromatic amines is 1. The van der Waals surface area contributed by atoms with Crippen LogP contribution >= 0.6 is 0 Å². The Balaban J connectivity index is 1.90. The molecule has 0 bridgehead atoms. The number of ether oxygens (including phenoxy) is 2. The van der Waals surface area contributed by atoms with Crippen molar-refractivity contribution < 1.29 is 9.47 Å². The van der Waals surface area contributed by atoms with Crippen molar-refractivity contribution in [1.29, 1.82) is 5.41 Å². The highest BCUT2D eigenvalue weighted by molar-refractivity contribution is 5.77. The van der Waals surface area contributed by atoms with E-state index < -0.39 is 11.3 Å². The van der Waals surface area contributed by atoms with Gasteiger partial charge in [-0.25, -0.2) is 4.79 Å². The van der Waals surface area contributed by atoms with Crippen molar-refractivity contribution in [2.75, 3.05) is 18.9 Å². The van der Waals surface area contributed by atoms with Crippen molar-refractivity contribution in [3.8, 4) is 17.2 Å². The summed E-state index contributed by atoms with van der Waals surface area (Å²) in [5, 5.41) is 10.8. The first kappa shape index (κ1) is 19.5. The van der Waals surface area contributed by atoms with Gasteiger partial charge in [0, 0.05) is 19.0 Å². The van der Waals surface area contributed by atoms with E-state index in [-0.39, 0.29) is 11.4 Å². The minimum atomic E-state index is -0.612. The number of nitrogens with one attached hydrogen (secondary N) is 3. The summed E-state index contributed by atoms with van der Waals surface area (Å²) in [5.41, 5.74) is 4.80. The maximum Gasteiger partial charge on any atom is 0.346 e. The molecule has 0 amide bonds. The second-order valence-corrected chi connectivity index (χ2v) is 8.02. The molecular formula is C19H26N6O3. The predicted molar refractivity (Wildman–Crippen MR) is 108 cm³/mol. The van der Waals surface area contributed by atoms with E-state index in [0.29, 0.717) is 35.3 Å². The number of aromatic nitrogens is 2. The lowest BCUT2D eigenvalue weighted by Crippen LogP contribution is -2.52. The van der Waals surface area contributed by atoms with Gasteiger partial charge >= 0.3 is 5.69 Å². The smallest absolute Gasteiger partial charge is 0.346 e. The number of H-pyrrole nitrogens is 1. The van der Waals surface area contributed by atoms with Crippen molar-refractivity contribution >= 4 is 17.5 Å². The topological polar surface area (TPSA) is 129 Å². The van der Waals surface area contributed by atoms with Gasteiger partial charge in [-0.3, -0.25) is 10.4 Å². The van der Waals surface area contributed by atoms with Crippen molar-refractivity contribution in [3.63, 3.8) is 0 Å². The molecule has 3 rings (SSSR count). The lowest BCUT2D eigenvalue weighted by molar-refractivity contribution is -0.0190. The average Bonchev–Trinajstić information content (AvgIpc) is 2.59. The van der Waals surface area contributed by atoms with Crippen LogP contribution in [0.4, 0.5) is 11.5 Å². The van der Waals surface area contributed by atoms with Crippen LogP contribution in [0.2, 0.25) is 0 Å². The second-order valence-electron chi connectivity index (χ2n) is 8.02. The molecule has 2 aromatic rings. The molecule has 28 heavy (non-hydrogen) atoms. The maximum absolute atomic E-state index is 11.5. The van der Waals surface area contributed by atoms with Gasteiger partial charge in [0.15, 0.2) is 23.3 Å². The molecular weight excluding hydrogens is 360 g/mol. The van der Waals surface area contributed by atoms with Crippen LogP contribution in [0.1, 0.15) is 27.7 Å². The highest BCUT2D eigenvalue weighted by Gasteiger charge is 2.41. The maximum atomic E-state index is 11.5. The molecule has 2 heterocycles. The molecule has 9 heteroatoms. The van der Waals surface area contributed by atoms with E-state index in [1.807, 2.05) is 32.0 Å². The molecule has 0 aliphatic carbocycles. The Morgan fingerprint density at radius 3 is 2.71 bits per heavy atom. The molecule has 0 spiro atoms. The van der Waals surface area contributed by atoms with Crippen molar-refractivity contribution in [2.24, 2.45) is 11.1 Å². The second kappa shape index (κ2) is 6.74. The number of guanidine groups is 1. The summed E-state index contributed by atoms with van der Waals surface area (Å²) in [5.74, 6) is 2.03. The largest absolute Gasteiger partial charge is 0.485 e. The normalized spacial score (nSPS) is 12.9. The van der Waals surface area contributed by atoms with Gasteiger partial charge in [-0.1, -0.05) is 19.9 Å². The zero-order valence-corrected chi connectivity index (χ0v) is 16.7. The van der Waals surface area contributed by atoms with Crippen molar-refractivity contribution in [3.05, 3.63) is 34.9 Å². The predicted octanol–water partition coefficient (Wildman–Crippen LogP) is 2.63. The monoisotopic (exact) mass is 386 g/mol. The van der Waals surface area contributed by atoms with E-state index in [1.165, 1.54) is 6.20 Å². The Hall–Kier alpha value is -3.23. The molecule has 1 aromatic carbocycles. The van der Waals surface area contributed by atoms with Gasteiger partial charge in [0.1, 0.15) is 17.0 Å². The van der Waals surface area contributed by atoms with Gasteiger partial charge < -0.3 is 25.4 Å². The van der Waals surface area contributed by atoms with Crippen LogP contribution in [0, 0.1) is 10.8 Å². The van der Waals surface area contributed by atoms with Gasteiger partial charge in [0.05, 0.1) is 6.20 Å². The summed E-state index contributed by atoms with van der Waals surface area (Å²) in [6.45, 7) is 8.64. The third-order valence-electron chi connectivity index (χ3n) is 5.27. The number of rotatable bonds is 5. The Morgan fingerprint density at radius 1 is 1.32 bits per heavy atom. The first-order valence-corrected chi connectivity index (χ1v) is 8.91. The fourth-order valence-electron chi connectivity index (χ4n) is 2.88. The van der Waals surface area contributed by atoms with Crippen LogP contribution in [-0.4, -0.2) is 40.0 Å². The van der Waals surface area contributed by atoms with E-state index in [9.17, 15) is 4.79 Å². The fourth-order valence-corrected chi connectivity index (χ4v) is 2.88. The van der Waals surface area contributed by atoms with E-state index in [4.69, 9.17) is 20.6 Å². The van der Waals surface area contributed by atoms with Gasteiger partial charge in [-0.2, -0.15) is 4.98 Å². The SMILES string of the molecule is CN(CC(C)(C)C(C)(C)Oc1cccc2c1Nc1[nH]c(=O)ncc1O2)C(=N)N. The lowest BCUT2D eigenvalue weighted by atomic mass is 9.76. The molecule has 150 valence electrons. The quantitative estimate of drug-likeness (QED) is 0.392. The van der Waals surface area contributed by atoms with Gasteiger partial charge in [0.25, 0.3) is 0 Å². The number of fused-ring (bicyclic) bond motifs is 2. The van der Waals surface area contributed by atoms with Crippen LogP contribution in [0.3, 0.4) is 0 Å².